The molecule has 2 aromatic carbocycles. The van der Waals surface area contributed by atoms with Gasteiger partial charge in [-0.3, -0.25) is 19.3 Å². The number of rotatable bonds is 5. The van der Waals surface area contributed by atoms with Crippen LogP contribution < -0.4 is 5.32 Å². The molecule has 0 radical (unpaired) electrons. The second kappa shape index (κ2) is 8.05. The molecule has 0 bridgehead atoms. The second-order valence-electron chi connectivity index (χ2n) is 6.75. The summed E-state index contributed by atoms with van der Waals surface area (Å²) in [7, 11) is 0. The van der Waals surface area contributed by atoms with Crippen molar-refractivity contribution in [2.75, 3.05) is 11.9 Å². The fraction of sp³-hybridized carbons (Fsp3) is 0.250. The highest BCUT2D eigenvalue weighted by Gasteiger charge is 2.37. The molecule has 0 spiro atoms. The molecule has 1 N–H and O–H groups in total. The van der Waals surface area contributed by atoms with E-state index in [4.69, 9.17) is 0 Å². The number of amides is 3. The summed E-state index contributed by atoms with van der Waals surface area (Å²) in [5.74, 6) is -1.92. The molecule has 0 unspecified atom stereocenters. The van der Waals surface area contributed by atoms with Crippen LogP contribution in [0, 0.1) is 0 Å². The molecule has 5 nitrogen and oxygen atoms in total. The first-order valence-electron chi connectivity index (χ1n) is 8.92. The summed E-state index contributed by atoms with van der Waals surface area (Å²) in [6.07, 6.45) is -10.4. The lowest BCUT2D eigenvalue weighted by Gasteiger charge is -2.15. The van der Waals surface area contributed by atoms with Crippen molar-refractivity contribution in [3.8, 4) is 0 Å². The molecule has 0 aliphatic carbocycles. The summed E-state index contributed by atoms with van der Waals surface area (Å²) in [6, 6.07) is 6.89. The summed E-state index contributed by atoms with van der Waals surface area (Å²) >= 11 is 0. The minimum atomic E-state index is -5.04. The lowest BCUT2D eigenvalue weighted by atomic mass is 10.1. The monoisotopic (exact) mass is 444 g/mol. The van der Waals surface area contributed by atoms with Gasteiger partial charge in [0.25, 0.3) is 11.8 Å². The molecule has 1 aliphatic rings. The maximum Gasteiger partial charge on any atom is 0.416 e. The largest absolute Gasteiger partial charge is 0.416 e. The van der Waals surface area contributed by atoms with Gasteiger partial charge in [0, 0.05) is 18.7 Å². The Hall–Kier alpha value is -3.37. The van der Waals surface area contributed by atoms with E-state index in [1.165, 1.54) is 12.1 Å². The van der Waals surface area contributed by atoms with Gasteiger partial charge < -0.3 is 5.32 Å². The number of nitrogens with zero attached hydrogens (tertiary/aromatic N) is 1. The third-order valence-corrected chi connectivity index (χ3v) is 4.54. The SMILES string of the molecule is O=C(CCCN1C(=O)c2ccccc2C1=O)Nc1cc(C(F)(F)F)cc(C(F)(F)F)c1. The van der Waals surface area contributed by atoms with Crippen molar-refractivity contribution in [2.45, 2.75) is 25.2 Å². The summed E-state index contributed by atoms with van der Waals surface area (Å²) in [6.45, 7) is -0.129. The van der Waals surface area contributed by atoms with Gasteiger partial charge in [-0.1, -0.05) is 12.1 Å². The molecule has 2 aromatic rings. The Morgan fingerprint density at radius 1 is 0.839 bits per heavy atom. The molecule has 1 heterocycles. The average Bonchev–Trinajstić information content (AvgIpc) is 2.91. The van der Waals surface area contributed by atoms with Crippen molar-refractivity contribution >= 4 is 23.4 Å². The molecule has 164 valence electrons. The van der Waals surface area contributed by atoms with Gasteiger partial charge in [-0.2, -0.15) is 26.3 Å². The van der Waals surface area contributed by atoms with E-state index in [0.29, 0.717) is 12.1 Å². The number of fused-ring (bicyclic) bond motifs is 1. The molecule has 0 saturated carbocycles. The molecule has 31 heavy (non-hydrogen) atoms. The lowest BCUT2D eigenvalue weighted by molar-refractivity contribution is -0.143. The molecule has 3 rings (SSSR count). The van der Waals surface area contributed by atoms with Crippen LogP contribution in [0.1, 0.15) is 44.7 Å². The van der Waals surface area contributed by atoms with Crippen LogP contribution in [0.15, 0.2) is 42.5 Å². The Labute approximate surface area is 171 Å². The summed E-state index contributed by atoms with van der Waals surface area (Å²) < 4.78 is 77.3. The molecule has 0 fully saturated rings. The van der Waals surface area contributed by atoms with Gasteiger partial charge in [-0.25, -0.2) is 0 Å². The Morgan fingerprint density at radius 2 is 1.32 bits per heavy atom. The van der Waals surface area contributed by atoms with E-state index in [1.54, 1.807) is 12.1 Å². The number of imide groups is 1. The first-order valence-corrected chi connectivity index (χ1v) is 8.92. The second-order valence-corrected chi connectivity index (χ2v) is 6.75. The van der Waals surface area contributed by atoms with E-state index in [2.05, 4.69) is 0 Å². The van der Waals surface area contributed by atoms with Gasteiger partial charge >= 0.3 is 12.4 Å². The highest BCUT2D eigenvalue weighted by molar-refractivity contribution is 6.21. The van der Waals surface area contributed by atoms with Crippen LogP contribution in [0.5, 0.6) is 0 Å². The predicted molar refractivity (Wildman–Crippen MR) is 96.1 cm³/mol. The van der Waals surface area contributed by atoms with Crippen molar-refractivity contribution in [1.29, 1.82) is 0 Å². The van der Waals surface area contributed by atoms with Crippen molar-refractivity contribution in [3.63, 3.8) is 0 Å². The van der Waals surface area contributed by atoms with Gasteiger partial charge in [0.2, 0.25) is 5.91 Å². The van der Waals surface area contributed by atoms with E-state index in [-0.39, 0.29) is 36.6 Å². The number of carbonyl (C=O) groups excluding carboxylic acids is 3. The molecule has 1 aliphatic heterocycles. The first-order chi connectivity index (χ1) is 14.4. The van der Waals surface area contributed by atoms with Crippen LogP contribution in [0.3, 0.4) is 0 Å². The number of nitrogens with one attached hydrogen (secondary N) is 1. The molecule has 3 amide bonds. The maximum absolute atomic E-state index is 12.9. The zero-order valence-electron chi connectivity index (χ0n) is 15.6. The van der Waals surface area contributed by atoms with Crippen LogP contribution >= 0.6 is 0 Å². The van der Waals surface area contributed by atoms with Crippen LogP contribution in [0.4, 0.5) is 32.0 Å². The zero-order chi connectivity index (χ0) is 23.0. The standard InChI is InChI=1S/C20H14F6N2O3/c21-19(22,23)11-8-12(20(24,25)26)10-13(9-11)27-16(29)6-3-7-28-17(30)14-4-1-2-5-15(14)18(28)31/h1-2,4-5,8-10H,3,6-7H2,(H,27,29). The molecule has 0 saturated heterocycles. The number of halogens is 6. The van der Waals surface area contributed by atoms with Gasteiger partial charge in [-0.05, 0) is 36.8 Å². The van der Waals surface area contributed by atoms with E-state index in [0.717, 1.165) is 4.90 Å². The van der Waals surface area contributed by atoms with Crippen molar-refractivity contribution in [2.24, 2.45) is 0 Å². The van der Waals surface area contributed by atoms with Gasteiger partial charge in [0.15, 0.2) is 0 Å². The van der Waals surface area contributed by atoms with Crippen molar-refractivity contribution < 1.29 is 40.7 Å². The molecule has 0 aromatic heterocycles. The third kappa shape index (κ3) is 4.86. The van der Waals surface area contributed by atoms with Crippen LogP contribution in [-0.4, -0.2) is 29.2 Å². The van der Waals surface area contributed by atoms with Crippen LogP contribution in [-0.2, 0) is 17.1 Å². The third-order valence-electron chi connectivity index (χ3n) is 4.54. The number of benzene rings is 2. The highest BCUT2D eigenvalue weighted by Crippen LogP contribution is 2.37. The van der Waals surface area contributed by atoms with E-state index >= 15 is 0 Å². The average molecular weight is 444 g/mol. The molecule has 11 heteroatoms. The zero-order valence-corrected chi connectivity index (χ0v) is 15.6. The fourth-order valence-corrected chi connectivity index (χ4v) is 3.09. The number of anilines is 1. The molecular weight excluding hydrogens is 430 g/mol. The number of hydrogen-bond donors (Lipinski definition) is 1. The quantitative estimate of drug-likeness (QED) is 0.535. The number of alkyl halides is 6. The summed E-state index contributed by atoms with van der Waals surface area (Å²) in [5, 5.41) is 2.00. The highest BCUT2D eigenvalue weighted by atomic mass is 19.4. The van der Waals surface area contributed by atoms with Gasteiger partial charge in [-0.15, -0.1) is 0 Å². The summed E-state index contributed by atoms with van der Waals surface area (Å²) in [4.78, 5) is 37.4. The van der Waals surface area contributed by atoms with Crippen LogP contribution in [0.2, 0.25) is 0 Å². The Bertz CT molecular complexity index is 979. The van der Waals surface area contributed by atoms with Crippen molar-refractivity contribution in [1.82, 2.24) is 4.90 Å². The predicted octanol–water partition coefficient (Wildman–Crippen LogP) is 4.74. The van der Waals surface area contributed by atoms with Gasteiger partial charge in [0.1, 0.15) is 0 Å². The lowest BCUT2D eigenvalue weighted by Crippen LogP contribution is -2.31. The fourth-order valence-electron chi connectivity index (χ4n) is 3.09. The van der Waals surface area contributed by atoms with Gasteiger partial charge in [0.05, 0.1) is 22.3 Å². The minimum absolute atomic E-state index is 0.0254. The molecular formula is C20H14F6N2O3. The normalized spacial score (nSPS) is 14.1. The Balaban J connectivity index is 1.64. The number of hydrogen-bond acceptors (Lipinski definition) is 3. The Morgan fingerprint density at radius 3 is 1.77 bits per heavy atom. The van der Waals surface area contributed by atoms with E-state index in [1.807, 2.05) is 5.32 Å². The topological polar surface area (TPSA) is 66.5 Å². The minimum Gasteiger partial charge on any atom is -0.326 e. The first kappa shape index (κ1) is 22.3. The number of carbonyl (C=O) groups is 3. The molecule has 0 atom stereocenters. The smallest absolute Gasteiger partial charge is 0.326 e. The van der Waals surface area contributed by atoms with Crippen molar-refractivity contribution in [3.05, 3.63) is 64.7 Å². The summed E-state index contributed by atoms with van der Waals surface area (Å²) in [5.41, 5.74) is -3.32. The maximum atomic E-state index is 12.9. The van der Waals surface area contributed by atoms with E-state index < -0.39 is 46.9 Å². The van der Waals surface area contributed by atoms with E-state index in [9.17, 15) is 40.7 Å². The van der Waals surface area contributed by atoms with Crippen LogP contribution in [0.25, 0.3) is 0 Å². The Kier molecular flexibility index (Phi) is 5.79.